The van der Waals surface area contributed by atoms with Gasteiger partial charge in [0.1, 0.15) is 0 Å². The van der Waals surface area contributed by atoms with Gasteiger partial charge in [0.05, 0.1) is 0 Å². The van der Waals surface area contributed by atoms with Gasteiger partial charge in [-0.05, 0) is 37.0 Å². The highest BCUT2D eigenvalue weighted by Crippen LogP contribution is 2.29. The number of hydrogen-bond acceptors (Lipinski definition) is 2. The Kier molecular flexibility index (Phi) is 6.99. The van der Waals surface area contributed by atoms with Crippen molar-refractivity contribution in [3.8, 4) is 0 Å². The van der Waals surface area contributed by atoms with Crippen LogP contribution in [0.2, 0.25) is 0 Å². The van der Waals surface area contributed by atoms with Crippen LogP contribution < -0.4 is 5.32 Å². The molecule has 1 fully saturated rings. The van der Waals surface area contributed by atoms with E-state index >= 15 is 0 Å². The van der Waals surface area contributed by atoms with Gasteiger partial charge in [-0.2, -0.15) is 0 Å². The first-order chi connectivity index (χ1) is 9.84. The van der Waals surface area contributed by atoms with Crippen LogP contribution in [-0.4, -0.2) is 41.6 Å². The maximum absolute atomic E-state index is 12.1. The van der Waals surface area contributed by atoms with E-state index in [9.17, 15) is 9.59 Å². The second-order valence-corrected chi connectivity index (χ2v) is 6.88. The Morgan fingerprint density at radius 1 is 1.24 bits per heavy atom. The number of piperidine rings is 1. The minimum Gasteiger partial charge on any atom is -0.481 e. The number of nitrogens with zero attached hydrogens (tertiary/aromatic N) is 1. The SMILES string of the molecule is CCC(CCNC(=O)N1CCC(C)(C)CC1)CCC(=O)O. The lowest BCUT2D eigenvalue weighted by atomic mass is 9.83. The van der Waals surface area contributed by atoms with Crippen LogP contribution in [0.1, 0.15) is 59.3 Å². The van der Waals surface area contributed by atoms with Crippen LogP contribution in [0.3, 0.4) is 0 Å². The fraction of sp³-hybridized carbons (Fsp3) is 0.875. The minimum atomic E-state index is -0.742. The fourth-order valence-electron chi connectivity index (χ4n) is 2.69. The van der Waals surface area contributed by atoms with Gasteiger partial charge in [0.2, 0.25) is 0 Å². The summed E-state index contributed by atoms with van der Waals surface area (Å²) in [6, 6.07) is 0.0265. The molecular weight excluding hydrogens is 268 g/mol. The molecule has 1 aliphatic rings. The van der Waals surface area contributed by atoms with Gasteiger partial charge in [-0.25, -0.2) is 4.79 Å². The molecule has 1 aliphatic heterocycles. The highest BCUT2D eigenvalue weighted by molar-refractivity contribution is 5.74. The van der Waals surface area contributed by atoms with Gasteiger partial charge in [-0.3, -0.25) is 4.79 Å². The lowest BCUT2D eigenvalue weighted by Gasteiger charge is -2.36. The van der Waals surface area contributed by atoms with Crippen molar-refractivity contribution in [3.05, 3.63) is 0 Å². The Bertz CT molecular complexity index is 345. The van der Waals surface area contributed by atoms with Crippen molar-refractivity contribution in [1.29, 1.82) is 0 Å². The monoisotopic (exact) mass is 298 g/mol. The molecule has 21 heavy (non-hydrogen) atoms. The van der Waals surface area contributed by atoms with Crippen LogP contribution in [0, 0.1) is 11.3 Å². The van der Waals surface area contributed by atoms with Crippen LogP contribution in [0.15, 0.2) is 0 Å². The highest BCUT2D eigenvalue weighted by Gasteiger charge is 2.27. The summed E-state index contributed by atoms with van der Waals surface area (Å²) in [5.41, 5.74) is 0.348. The van der Waals surface area contributed by atoms with Crippen LogP contribution >= 0.6 is 0 Å². The van der Waals surface area contributed by atoms with Crippen LogP contribution in [0.25, 0.3) is 0 Å². The van der Waals surface area contributed by atoms with Crippen molar-refractivity contribution >= 4 is 12.0 Å². The Morgan fingerprint density at radius 3 is 2.38 bits per heavy atom. The molecule has 0 saturated carbocycles. The number of rotatable bonds is 7. The number of aliphatic carboxylic acids is 1. The predicted molar refractivity (Wildman–Crippen MR) is 83.3 cm³/mol. The molecule has 5 nitrogen and oxygen atoms in total. The number of nitrogens with one attached hydrogen (secondary N) is 1. The van der Waals surface area contributed by atoms with E-state index in [2.05, 4.69) is 26.1 Å². The first kappa shape index (κ1) is 17.8. The Morgan fingerprint density at radius 2 is 1.86 bits per heavy atom. The standard InChI is InChI=1S/C16H30N2O3/c1-4-13(5-6-14(19)20)7-10-17-15(21)18-11-8-16(2,3)9-12-18/h13H,4-12H2,1-3H3,(H,17,21)(H,19,20). The number of carbonyl (C=O) groups excluding carboxylic acids is 1. The zero-order chi connectivity index (χ0) is 15.9. The van der Waals surface area contributed by atoms with Gasteiger partial charge in [-0.15, -0.1) is 0 Å². The van der Waals surface area contributed by atoms with E-state index in [-0.39, 0.29) is 12.5 Å². The number of likely N-dealkylation sites (tertiary alicyclic amines) is 1. The van der Waals surface area contributed by atoms with Gasteiger partial charge in [-0.1, -0.05) is 27.2 Å². The van der Waals surface area contributed by atoms with Crippen molar-refractivity contribution in [3.63, 3.8) is 0 Å². The Hall–Kier alpha value is -1.26. The summed E-state index contributed by atoms with van der Waals surface area (Å²) in [5, 5.41) is 11.7. The highest BCUT2D eigenvalue weighted by atomic mass is 16.4. The molecule has 1 heterocycles. The topological polar surface area (TPSA) is 69.6 Å². The maximum Gasteiger partial charge on any atom is 0.317 e. The summed E-state index contributed by atoms with van der Waals surface area (Å²) in [7, 11) is 0. The van der Waals surface area contributed by atoms with E-state index in [0.29, 0.717) is 24.3 Å². The molecule has 0 aromatic rings. The molecule has 1 saturated heterocycles. The van der Waals surface area contributed by atoms with Crippen molar-refractivity contribution in [2.45, 2.75) is 59.3 Å². The third-order valence-corrected chi connectivity index (χ3v) is 4.58. The van der Waals surface area contributed by atoms with E-state index < -0.39 is 5.97 Å². The Labute approximate surface area is 128 Å². The summed E-state index contributed by atoms with van der Waals surface area (Å²) in [6.45, 7) is 8.86. The summed E-state index contributed by atoms with van der Waals surface area (Å²) in [5.74, 6) is -0.366. The van der Waals surface area contributed by atoms with Crippen molar-refractivity contribution in [1.82, 2.24) is 10.2 Å². The molecule has 122 valence electrons. The normalized spacial score (nSPS) is 19.1. The molecule has 2 N–H and O–H groups in total. The van der Waals surface area contributed by atoms with E-state index in [4.69, 9.17) is 5.11 Å². The van der Waals surface area contributed by atoms with E-state index in [1.165, 1.54) is 0 Å². The summed E-state index contributed by atoms with van der Waals surface area (Å²) in [6.07, 6.45) is 4.83. The van der Waals surface area contributed by atoms with Crippen LogP contribution in [-0.2, 0) is 4.79 Å². The largest absolute Gasteiger partial charge is 0.481 e. The lowest BCUT2D eigenvalue weighted by molar-refractivity contribution is -0.137. The second kappa shape index (κ2) is 8.25. The van der Waals surface area contributed by atoms with Gasteiger partial charge >= 0.3 is 12.0 Å². The third-order valence-electron chi connectivity index (χ3n) is 4.58. The molecule has 1 rings (SSSR count). The van der Waals surface area contributed by atoms with Crippen LogP contribution in [0.5, 0.6) is 0 Å². The number of hydrogen-bond donors (Lipinski definition) is 2. The molecule has 2 amide bonds. The van der Waals surface area contributed by atoms with Crippen molar-refractivity contribution < 1.29 is 14.7 Å². The number of amides is 2. The molecule has 0 aromatic carbocycles. The van der Waals surface area contributed by atoms with Gasteiger partial charge in [0, 0.05) is 26.1 Å². The molecule has 1 atom stereocenters. The summed E-state index contributed by atoms with van der Waals surface area (Å²) >= 11 is 0. The number of carboxylic acid groups (broad SMARTS) is 1. The molecular formula is C16H30N2O3. The third kappa shape index (κ3) is 6.82. The molecule has 0 bridgehead atoms. The average Bonchev–Trinajstić information content (AvgIpc) is 2.42. The predicted octanol–water partition coefficient (Wildman–Crippen LogP) is 3.10. The van der Waals surface area contributed by atoms with Gasteiger partial charge < -0.3 is 15.3 Å². The molecule has 5 heteroatoms. The molecule has 1 unspecified atom stereocenters. The van der Waals surface area contributed by atoms with Gasteiger partial charge in [0.15, 0.2) is 0 Å². The van der Waals surface area contributed by atoms with Gasteiger partial charge in [0.25, 0.3) is 0 Å². The summed E-state index contributed by atoms with van der Waals surface area (Å²) < 4.78 is 0. The van der Waals surface area contributed by atoms with E-state index in [0.717, 1.165) is 38.8 Å². The fourth-order valence-corrected chi connectivity index (χ4v) is 2.69. The zero-order valence-corrected chi connectivity index (χ0v) is 13.7. The Balaban J connectivity index is 2.22. The van der Waals surface area contributed by atoms with E-state index in [1.807, 2.05) is 4.90 Å². The quantitative estimate of drug-likeness (QED) is 0.758. The van der Waals surface area contributed by atoms with Crippen molar-refractivity contribution in [2.24, 2.45) is 11.3 Å². The first-order valence-electron chi connectivity index (χ1n) is 8.08. The lowest BCUT2D eigenvalue weighted by Crippen LogP contribution is -2.46. The number of urea groups is 1. The first-order valence-corrected chi connectivity index (χ1v) is 8.08. The minimum absolute atomic E-state index is 0.0265. The zero-order valence-electron chi connectivity index (χ0n) is 13.7. The molecule has 0 radical (unpaired) electrons. The molecule has 0 aliphatic carbocycles. The maximum atomic E-state index is 12.1. The second-order valence-electron chi connectivity index (χ2n) is 6.88. The average molecular weight is 298 g/mol. The molecule has 0 spiro atoms. The number of carbonyl (C=O) groups is 2. The van der Waals surface area contributed by atoms with Crippen LogP contribution in [0.4, 0.5) is 4.79 Å². The number of carboxylic acids is 1. The van der Waals surface area contributed by atoms with E-state index in [1.54, 1.807) is 0 Å². The van der Waals surface area contributed by atoms with Crippen molar-refractivity contribution in [2.75, 3.05) is 19.6 Å². The summed E-state index contributed by atoms with van der Waals surface area (Å²) in [4.78, 5) is 24.5. The smallest absolute Gasteiger partial charge is 0.317 e. The molecule has 0 aromatic heterocycles.